The van der Waals surface area contributed by atoms with E-state index in [2.05, 4.69) is 17.2 Å². The van der Waals surface area contributed by atoms with Crippen LogP contribution in [0.25, 0.3) is 0 Å². The van der Waals surface area contributed by atoms with Crippen LogP contribution in [0.2, 0.25) is 0 Å². The third kappa shape index (κ3) is 6.78. The molecule has 0 bridgehead atoms. The molecule has 0 aromatic rings. The molecule has 1 N–H and O–H groups in total. The molecule has 0 fully saturated rings. The van der Waals surface area contributed by atoms with Crippen molar-refractivity contribution in [3.63, 3.8) is 0 Å². The Morgan fingerprint density at radius 1 is 1.35 bits per heavy atom. The minimum Gasteiger partial charge on any atom is -0.444 e. The van der Waals surface area contributed by atoms with E-state index in [4.69, 9.17) is 4.74 Å². The van der Waals surface area contributed by atoms with Crippen molar-refractivity contribution < 1.29 is 9.53 Å². The first-order chi connectivity index (χ1) is 9.42. The number of hydrogen-bond donors (Lipinski definition) is 1. The Morgan fingerprint density at radius 2 is 2.10 bits per heavy atom. The van der Waals surface area contributed by atoms with Gasteiger partial charge in [0.1, 0.15) is 11.4 Å². The van der Waals surface area contributed by atoms with Crippen LogP contribution in [0.3, 0.4) is 0 Å². The lowest BCUT2D eigenvalue weighted by Crippen LogP contribution is -2.47. The standard InChI is InChI=1S/C15H29N3O2/c1-5-6-7-8-9-16-13-12-18(11-10-17-13)14(19)20-15(2,3)4/h5-12H2,1-4H3,(H,16,17). The molecule has 0 radical (unpaired) electrons. The van der Waals surface area contributed by atoms with E-state index in [0.29, 0.717) is 19.6 Å². The Morgan fingerprint density at radius 3 is 2.75 bits per heavy atom. The van der Waals surface area contributed by atoms with E-state index < -0.39 is 5.60 Å². The van der Waals surface area contributed by atoms with Gasteiger partial charge in [0.2, 0.25) is 0 Å². The zero-order valence-corrected chi connectivity index (χ0v) is 13.4. The van der Waals surface area contributed by atoms with Gasteiger partial charge in [0.25, 0.3) is 0 Å². The van der Waals surface area contributed by atoms with Crippen molar-refractivity contribution in [1.82, 2.24) is 10.2 Å². The fourth-order valence-electron chi connectivity index (χ4n) is 1.99. The Labute approximate surface area is 122 Å². The predicted molar refractivity (Wildman–Crippen MR) is 82.3 cm³/mol. The second kappa shape index (κ2) is 8.12. The second-order valence-electron chi connectivity index (χ2n) is 6.22. The van der Waals surface area contributed by atoms with Crippen LogP contribution in [0.15, 0.2) is 4.99 Å². The van der Waals surface area contributed by atoms with Gasteiger partial charge in [-0.05, 0) is 27.2 Å². The van der Waals surface area contributed by atoms with E-state index in [1.54, 1.807) is 4.90 Å². The Balaban J connectivity index is 2.31. The first-order valence-electron chi connectivity index (χ1n) is 7.67. The number of nitrogens with zero attached hydrogens (tertiary/aromatic N) is 2. The summed E-state index contributed by atoms with van der Waals surface area (Å²) in [7, 11) is 0. The highest BCUT2D eigenvalue weighted by Gasteiger charge is 2.24. The first kappa shape index (κ1) is 16.8. The van der Waals surface area contributed by atoms with Crippen molar-refractivity contribution in [2.75, 3.05) is 26.2 Å². The quantitative estimate of drug-likeness (QED) is 0.789. The minimum atomic E-state index is -0.445. The van der Waals surface area contributed by atoms with Crippen LogP contribution >= 0.6 is 0 Å². The van der Waals surface area contributed by atoms with Crippen LogP contribution in [0, 0.1) is 0 Å². The lowest BCUT2D eigenvalue weighted by Gasteiger charge is -2.29. The molecule has 20 heavy (non-hydrogen) atoms. The number of rotatable bonds is 5. The van der Waals surface area contributed by atoms with Gasteiger partial charge in [-0.15, -0.1) is 0 Å². The lowest BCUT2D eigenvalue weighted by molar-refractivity contribution is 0.0276. The number of amidine groups is 1. The van der Waals surface area contributed by atoms with Gasteiger partial charge in [0.15, 0.2) is 0 Å². The van der Waals surface area contributed by atoms with Crippen LogP contribution < -0.4 is 5.32 Å². The zero-order valence-electron chi connectivity index (χ0n) is 13.4. The summed E-state index contributed by atoms with van der Waals surface area (Å²) in [5.41, 5.74) is -0.445. The number of carbonyl (C=O) groups excluding carboxylic acids is 1. The maximum atomic E-state index is 12.0. The van der Waals surface area contributed by atoms with Gasteiger partial charge in [-0.1, -0.05) is 26.2 Å². The van der Waals surface area contributed by atoms with Gasteiger partial charge in [-0.25, -0.2) is 4.79 Å². The highest BCUT2D eigenvalue weighted by atomic mass is 16.6. The maximum Gasteiger partial charge on any atom is 0.410 e. The van der Waals surface area contributed by atoms with Crippen LogP contribution in [0.5, 0.6) is 0 Å². The van der Waals surface area contributed by atoms with Crippen molar-refractivity contribution in [2.24, 2.45) is 4.99 Å². The van der Waals surface area contributed by atoms with Crippen molar-refractivity contribution in [1.29, 1.82) is 0 Å². The van der Waals surface area contributed by atoms with Crippen molar-refractivity contribution in [3.8, 4) is 0 Å². The summed E-state index contributed by atoms with van der Waals surface area (Å²) in [5.74, 6) is 0.901. The third-order valence-corrected chi connectivity index (χ3v) is 3.02. The number of amides is 1. The van der Waals surface area contributed by atoms with Gasteiger partial charge in [-0.2, -0.15) is 0 Å². The van der Waals surface area contributed by atoms with E-state index in [-0.39, 0.29) is 6.09 Å². The summed E-state index contributed by atoms with van der Waals surface area (Å²) in [6.07, 6.45) is 4.66. The predicted octanol–water partition coefficient (Wildman–Crippen LogP) is 2.81. The first-order valence-corrected chi connectivity index (χ1v) is 7.67. The Kier molecular flexibility index (Phi) is 6.82. The molecule has 0 unspecified atom stereocenters. The topological polar surface area (TPSA) is 53.9 Å². The van der Waals surface area contributed by atoms with Crippen LogP contribution in [0.1, 0.15) is 53.4 Å². The molecule has 0 aromatic heterocycles. The number of nitrogens with one attached hydrogen (secondary N) is 1. The molecule has 5 nitrogen and oxygen atoms in total. The van der Waals surface area contributed by atoms with E-state index in [1.807, 2.05) is 20.8 Å². The lowest BCUT2D eigenvalue weighted by atomic mass is 10.2. The van der Waals surface area contributed by atoms with Gasteiger partial charge in [-0.3, -0.25) is 9.89 Å². The zero-order chi connectivity index (χ0) is 15.0. The van der Waals surface area contributed by atoms with E-state index in [9.17, 15) is 4.79 Å². The molecule has 1 aliphatic rings. The summed E-state index contributed by atoms with van der Waals surface area (Å²) in [4.78, 5) is 18.1. The third-order valence-electron chi connectivity index (χ3n) is 3.02. The van der Waals surface area contributed by atoms with Gasteiger partial charge in [0, 0.05) is 13.1 Å². The molecule has 0 aromatic carbocycles. The molecular formula is C15H29N3O2. The van der Waals surface area contributed by atoms with Crippen molar-refractivity contribution in [3.05, 3.63) is 0 Å². The van der Waals surface area contributed by atoms with Crippen LogP contribution in [-0.4, -0.2) is 48.6 Å². The summed E-state index contributed by atoms with van der Waals surface area (Å²) in [6, 6.07) is 0. The van der Waals surface area contributed by atoms with E-state index in [0.717, 1.165) is 18.8 Å². The highest BCUT2D eigenvalue weighted by Crippen LogP contribution is 2.11. The monoisotopic (exact) mass is 283 g/mol. The number of unbranched alkanes of at least 4 members (excludes halogenated alkanes) is 3. The average Bonchev–Trinajstić information content (AvgIpc) is 2.37. The SMILES string of the molecule is CCCCCCNC1=NCCN(C(=O)OC(C)(C)C)C1. The molecule has 0 spiro atoms. The van der Waals surface area contributed by atoms with Gasteiger partial charge < -0.3 is 10.1 Å². The average molecular weight is 283 g/mol. The van der Waals surface area contributed by atoms with Crippen molar-refractivity contribution in [2.45, 2.75) is 59.0 Å². The van der Waals surface area contributed by atoms with Gasteiger partial charge >= 0.3 is 6.09 Å². The molecule has 0 saturated carbocycles. The molecular weight excluding hydrogens is 254 g/mol. The molecule has 116 valence electrons. The van der Waals surface area contributed by atoms with Crippen LogP contribution in [-0.2, 0) is 4.74 Å². The number of hydrogen-bond acceptors (Lipinski definition) is 4. The number of aliphatic imine (C=N–C) groups is 1. The summed E-state index contributed by atoms with van der Waals surface area (Å²) in [6.45, 7) is 10.6. The highest BCUT2D eigenvalue weighted by molar-refractivity contribution is 5.87. The van der Waals surface area contributed by atoms with Crippen molar-refractivity contribution >= 4 is 11.9 Å². The molecule has 0 atom stereocenters. The molecule has 0 saturated heterocycles. The molecule has 1 aliphatic heterocycles. The molecule has 1 rings (SSSR count). The smallest absolute Gasteiger partial charge is 0.410 e. The second-order valence-corrected chi connectivity index (χ2v) is 6.22. The minimum absolute atomic E-state index is 0.252. The molecule has 0 aliphatic carbocycles. The Bertz CT molecular complexity index is 335. The Hall–Kier alpha value is -1.26. The van der Waals surface area contributed by atoms with Crippen LogP contribution in [0.4, 0.5) is 4.79 Å². The number of carbonyl (C=O) groups is 1. The van der Waals surface area contributed by atoms with E-state index >= 15 is 0 Å². The summed E-state index contributed by atoms with van der Waals surface area (Å²) < 4.78 is 5.39. The van der Waals surface area contributed by atoms with Gasteiger partial charge in [0.05, 0.1) is 13.1 Å². The fourth-order valence-corrected chi connectivity index (χ4v) is 1.99. The normalized spacial score (nSPS) is 15.8. The maximum absolute atomic E-state index is 12.0. The molecule has 5 heteroatoms. The summed E-state index contributed by atoms with van der Waals surface area (Å²) in [5, 5.41) is 3.33. The number of ether oxygens (including phenoxy) is 1. The fraction of sp³-hybridized carbons (Fsp3) is 0.867. The molecule has 1 amide bonds. The van der Waals surface area contributed by atoms with E-state index in [1.165, 1.54) is 19.3 Å². The summed E-state index contributed by atoms with van der Waals surface area (Å²) >= 11 is 0. The largest absolute Gasteiger partial charge is 0.444 e. The molecule has 1 heterocycles.